The normalized spacial score (nSPS) is 23.9. The number of ether oxygens (including phenoxy) is 1. The van der Waals surface area contributed by atoms with Crippen molar-refractivity contribution in [3.05, 3.63) is 54.1 Å². The Hall–Kier alpha value is -1.83. The highest BCUT2D eigenvalue weighted by Crippen LogP contribution is 2.33. The van der Waals surface area contributed by atoms with E-state index in [9.17, 15) is 4.79 Å². The topological polar surface area (TPSA) is 26.3 Å². The zero-order valence-electron chi connectivity index (χ0n) is 11.3. The van der Waals surface area contributed by atoms with E-state index in [1.165, 1.54) is 5.56 Å². The van der Waals surface area contributed by atoms with Crippen molar-refractivity contribution < 1.29 is 9.53 Å². The number of allylic oxidation sites excluding steroid dienone is 3. The van der Waals surface area contributed by atoms with Crippen LogP contribution in [0.25, 0.3) is 6.08 Å². The second-order valence-electron chi connectivity index (χ2n) is 5.20. The van der Waals surface area contributed by atoms with E-state index in [4.69, 9.17) is 4.74 Å². The van der Waals surface area contributed by atoms with E-state index in [2.05, 4.69) is 18.2 Å². The highest BCUT2D eigenvalue weighted by molar-refractivity contribution is 5.77. The molecule has 0 aromatic heterocycles. The van der Waals surface area contributed by atoms with E-state index < -0.39 is 0 Å². The fourth-order valence-electron chi connectivity index (χ4n) is 2.23. The Kier molecular flexibility index (Phi) is 4.56. The molecular weight excluding hydrogens is 236 g/mol. The van der Waals surface area contributed by atoms with Crippen molar-refractivity contribution in [2.45, 2.75) is 26.2 Å². The molecule has 1 aliphatic rings. The van der Waals surface area contributed by atoms with Crippen LogP contribution in [0.15, 0.2) is 48.6 Å². The Balaban J connectivity index is 1.86. The van der Waals surface area contributed by atoms with Gasteiger partial charge in [0.05, 0.1) is 12.0 Å². The SMILES string of the molecule is CC1(C/C=C/C=C/c2ccccc2)CCCOC1=O. The van der Waals surface area contributed by atoms with Crippen molar-refractivity contribution in [1.82, 2.24) is 0 Å². The van der Waals surface area contributed by atoms with Crippen LogP contribution in [0.3, 0.4) is 0 Å². The fraction of sp³-hybridized carbons (Fsp3) is 0.353. The van der Waals surface area contributed by atoms with Crippen LogP contribution in [0.1, 0.15) is 31.7 Å². The summed E-state index contributed by atoms with van der Waals surface area (Å²) < 4.78 is 5.13. The molecule has 1 heterocycles. The Bertz CT molecular complexity index is 473. The number of hydrogen-bond acceptors (Lipinski definition) is 2. The predicted molar refractivity (Wildman–Crippen MR) is 77.5 cm³/mol. The van der Waals surface area contributed by atoms with Crippen molar-refractivity contribution in [3.63, 3.8) is 0 Å². The van der Waals surface area contributed by atoms with Gasteiger partial charge in [-0.3, -0.25) is 4.79 Å². The number of cyclic esters (lactones) is 1. The van der Waals surface area contributed by atoms with Crippen molar-refractivity contribution >= 4 is 12.0 Å². The summed E-state index contributed by atoms with van der Waals surface area (Å²) in [7, 11) is 0. The summed E-state index contributed by atoms with van der Waals surface area (Å²) in [4.78, 5) is 11.7. The molecule has 1 aliphatic heterocycles. The summed E-state index contributed by atoms with van der Waals surface area (Å²) in [6, 6.07) is 10.2. The van der Waals surface area contributed by atoms with E-state index in [0.717, 1.165) is 19.3 Å². The number of esters is 1. The van der Waals surface area contributed by atoms with Gasteiger partial charge in [0.15, 0.2) is 0 Å². The van der Waals surface area contributed by atoms with Crippen LogP contribution in [-0.4, -0.2) is 12.6 Å². The molecule has 1 atom stereocenters. The monoisotopic (exact) mass is 256 g/mol. The van der Waals surface area contributed by atoms with Crippen LogP contribution in [0.2, 0.25) is 0 Å². The molecule has 0 bridgehead atoms. The molecule has 2 nitrogen and oxygen atoms in total. The van der Waals surface area contributed by atoms with Crippen LogP contribution in [0.4, 0.5) is 0 Å². The smallest absolute Gasteiger partial charge is 0.312 e. The number of carbonyl (C=O) groups is 1. The van der Waals surface area contributed by atoms with Gasteiger partial charge in [-0.1, -0.05) is 54.6 Å². The van der Waals surface area contributed by atoms with Crippen LogP contribution >= 0.6 is 0 Å². The van der Waals surface area contributed by atoms with E-state index in [-0.39, 0.29) is 11.4 Å². The van der Waals surface area contributed by atoms with Crippen LogP contribution in [0.5, 0.6) is 0 Å². The van der Waals surface area contributed by atoms with Gasteiger partial charge in [0.2, 0.25) is 0 Å². The highest BCUT2D eigenvalue weighted by atomic mass is 16.5. The largest absolute Gasteiger partial charge is 0.465 e. The van der Waals surface area contributed by atoms with Gasteiger partial charge in [-0.15, -0.1) is 0 Å². The van der Waals surface area contributed by atoms with E-state index in [1.807, 2.05) is 43.4 Å². The van der Waals surface area contributed by atoms with E-state index in [0.29, 0.717) is 6.61 Å². The van der Waals surface area contributed by atoms with Crippen LogP contribution in [-0.2, 0) is 9.53 Å². The minimum Gasteiger partial charge on any atom is -0.465 e. The summed E-state index contributed by atoms with van der Waals surface area (Å²) in [6.07, 6.45) is 10.7. The lowest BCUT2D eigenvalue weighted by Gasteiger charge is -2.30. The predicted octanol–water partition coefficient (Wildman–Crippen LogP) is 3.99. The number of hydrogen-bond donors (Lipinski definition) is 0. The zero-order valence-corrected chi connectivity index (χ0v) is 11.3. The number of rotatable bonds is 4. The molecule has 1 aromatic rings. The lowest BCUT2D eigenvalue weighted by atomic mass is 9.81. The Morgan fingerprint density at radius 2 is 2.05 bits per heavy atom. The molecule has 1 aromatic carbocycles. The summed E-state index contributed by atoms with van der Waals surface area (Å²) in [5.41, 5.74) is 0.838. The van der Waals surface area contributed by atoms with Crippen LogP contribution in [0, 0.1) is 5.41 Å². The first-order valence-corrected chi connectivity index (χ1v) is 6.76. The van der Waals surface area contributed by atoms with Gasteiger partial charge in [0.1, 0.15) is 0 Å². The molecule has 2 rings (SSSR count). The van der Waals surface area contributed by atoms with Gasteiger partial charge < -0.3 is 4.74 Å². The van der Waals surface area contributed by atoms with E-state index >= 15 is 0 Å². The summed E-state index contributed by atoms with van der Waals surface area (Å²) >= 11 is 0. The molecular formula is C17H20O2. The van der Waals surface area contributed by atoms with Gasteiger partial charge >= 0.3 is 5.97 Å². The van der Waals surface area contributed by atoms with Gasteiger partial charge in [-0.25, -0.2) is 0 Å². The summed E-state index contributed by atoms with van der Waals surface area (Å²) in [5, 5.41) is 0. The van der Waals surface area contributed by atoms with Gasteiger partial charge in [-0.05, 0) is 31.7 Å². The van der Waals surface area contributed by atoms with E-state index in [1.54, 1.807) is 0 Å². The summed E-state index contributed by atoms with van der Waals surface area (Å²) in [6.45, 7) is 2.56. The average Bonchev–Trinajstić information content (AvgIpc) is 2.43. The maximum Gasteiger partial charge on any atom is 0.312 e. The first-order valence-electron chi connectivity index (χ1n) is 6.76. The fourth-order valence-corrected chi connectivity index (χ4v) is 2.23. The third kappa shape index (κ3) is 3.82. The second kappa shape index (κ2) is 6.37. The number of carbonyl (C=O) groups excluding carboxylic acids is 1. The van der Waals surface area contributed by atoms with Gasteiger partial charge in [0.25, 0.3) is 0 Å². The zero-order chi connectivity index (χ0) is 13.6. The first-order chi connectivity index (χ1) is 9.21. The average molecular weight is 256 g/mol. The lowest BCUT2D eigenvalue weighted by Crippen LogP contribution is -2.34. The molecule has 0 amide bonds. The molecule has 19 heavy (non-hydrogen) atoms. The molecule has 1 unspecified atom stereocenters. The quantitative estimate of drug-likeness (QED) is 0.601. The Morgan fingerprint density at radius 3 is 2.79 bits per heavy atom. The van der Waals surface area contributed by atoms with Crippen molar-refractivity contribution in [3.8, 4) is 0 Å². The minimum absolute atomic E-state index is 0.0598. The molecule has 1 saturated heterocycles. The van der Waals surface area contributed by atoms with Crippen molar-refractivity contribution in [2.24, 2.45) is 5.41 Å². The standard InChI is InChI=1S/C17H20O2/c1-17(13-8-14-19-16(17)18)12-7-3-6-11-15-9-4-2-5-10-15/h2-7,9-11H,8,12-14H2,1H3/b7-3+,11-6+. The Labute approximate surface area is 114 Å². The molecule has 0 spiro atoms. The second-order valence-corrected chi connectivity index (χ2v) is 5.20. The highest BCUT2D eigenvalue weighted by Gasteiger charge is 2.35. The van der Waals surface area contributed by atoms with Gasteiger partial charge in [0, 0.05) is 0 Å². The molecule has 0 radical (unpaired) electrons. The Morgan fingerprint density at radius 1 is 1.26 bits per heavy atom. The maximum atomic E-state index is 11.7. The van der Waals surface area contributed by atoms with Crippen molar-refractivity contribution in [1.29, 1.82) is 0 Å². The maximum absolute atomic E-state index is 11.7. The molecule has 2 heteroatoms. The number of benzene rings is 1. The molecule has 0 saturated carbocycles. The third-order valence-electron chi connectivity index (χ3n) is 3.50. The van der Waals surface area contributed by atoms with Crippen molar-refractivity contribution in [2.75, 3.05) is 6.61 Å². The third-order valence-corrected chi connectivity index (χ3v) is 3.50. The molecule has 1 fully saturated rings. The minimum atomic E-state index is -0.338. The molecule has 100 valence electrons. The lowest BCUT2D eigenvalue weighted by molar-refractivity contribution is -0.160. The molecule has 0 N–H and O–H groups in total. The van der Waals surface area contributed by atoms with Crippen LogP contribution < -0.4 is 0 Å². The first kappa shape index (κ1) is 13.6. The molecule has 0 aliphatic carbocycles. The summed E-state index contributed by atoms with van der Waals surface area (Å²) in [5.74, 6) is -0.0598. The van der Waals surface area contributed by atoms with Gasteiger partial charge in [-0.2, -0.15) is 0 Å².